The Morgan fingerprint density at radius 2 is 1.79 bits per heavy atom. The van der Waals surface area contributed by atoms with Crippen LogP contribution >= 0.6 is 0 Å². The standard InChI is InChI=1S/C21H21N5O2/c1-16-19(15-23-26(16)18-8-3-2-4-9-18)21(28)25-12-6-11-24(25)20(27)13-17-7-5-10-22-14-17/h2-5,7-10,14-15H,6,11-13H2,1H3. The molecule has 0 N–H and O–H groups in total. The van der Waals surface area contributed by atoms with Crippen molar-refractivity contribution in [2.45, 2.75) is 19.8 Å². The van der Waals surface area contributed by atoms with Crippen molar-refractivity contribution in [3.05, 3.63) is 77.9 Å². The van der Waals surface area contributed by atoms with Crippen LogP contribution in [0.4, 0.5) is 0 Å². The Hall–Kier alpha value is -3.48. The monoisotopic (exact) mass is 375 g/mol. The molecule has 28 heavy (non-hydrogen) atoms. The minimum Gasteiger partial charge on any atom is -0.273 e. The van der Waals surface area contributed by atoms with Crippen LogP contribution in [0, 0.1) is 6.92 Å². The number of carbonyl (C=O) groups excluding carboxylic acids is 2. The van der Waals surface area contributed by atoms with E-state index in [4.69, 9.17) is 0 Å². The van der Waals surface area contributed by atoms with Crippen molar-refractivity contribution in [2.24, 2.45) is 0 Å². The lowest BCUT2D eigenvalue weighted by atomic mass is 10.2. The van der Waals surface area contributed by atoms with E-state index in [0.29, 0.717) is 18.7 Å². The first-order valence-electron chi connectivity index (χ1n) is 9.26. The van der Waals surface area contributed by atoms with Gasteiger partial charge in [-0.25, -0.2) is 9.69 Å². The number of hydrogen-bond donors (Lipinski definition) is 0. The molecule has 1 aromatic carbocycles. The molecule has 2 aromatic heterocycles. The van der Waals surface area contributed by atoms with Crippen LogP contribution in [-0.4, -0.2) is 49.7 Å². The minimum atomic E-state index is -0.197. The molecule has 1 aliphatic rings. The summed E-state index contributed by atoms with van der Waals surface area (Å²) in [6, 6.07) is 13.3. The Balaban J connectivity index is 1.54. The summed E-state index contributed by atoms with van der Waals surface area (Å²) >= 11 is 0. The van der Waals surface area contributed by atoms with Gasteiger partial charge in [0.1, 0.15) is 0 Å². The van der Waals surface area contributed by atoms with Crippen LogP contribution < -0.4 is 0 Å². The molecule has 1 fully saturated rings. The largest absolute Gasteiger partial charge is 0.275 e. The van der Waals surface area contributed by atoms with Crippen molar-refractivity contribution < 1.29 is 9.59 Å². The van der Waals surface area contributed by atoms with Gasteiger partial charge in [0.25, 0.3) is 5.91 Å². The summed E-state index contributed by atoms with van der Waals surface area (Å²) in [7, 11) is 0. The van der Waals surface area contributed by atoms with Crippen molar-refractivity contribution in [1.29, 1.82) is 0 Å². The number of nitrogens with zero attached hydrogens (tertiary/aromatic N) is 5. The zero-order valence-corrected chi connectivity index (χ0v) is 15.7. The first kappa shape index (κ1) is 17.9. The number of hydrogen-bond acceptors (Lipinski definition) is 4. The van der Waals surface area contributed by atoms with Gasteiger partial charge in [-0.1, -0.05) is 24.3 Å². The predicted molar refractivity (Wildman–Crippen MR) is 104 cm³/mol. The van der Waals surface area contributed by atoms with E-state index >= 15 is 0 Å². The van der Waals surface area contributed by atoms with Gasteiger partial charge in [0, 0.05) is 25.5 Å². The molecule has 0 atom stereocenters. The number of hydrazine groups is 1. The van der Waals surface area contributed by atoms with Crippen LogP contribution in [0.2, 0.25) is 0 Å². The fraction of sp³-hybridized carbons (Fsp3) is 0.238. The molecule has 2 amide bonds. The number of benzene rings is 1. The van der Waals surface area contributed by atoms with Crippen molar-refractivity contribution in [3.8, 4) is 5.69 Å². The maximum Gasteiger partial charge on any atom is 0.275 e. The van der Waals surface area contributed by atoms with Gasteiger partial charge < -0.3 is 0 Å². The highest BCUT2D eigenvalue weighted by molar-refractivity contribution is 5.96. The van der Waals surface area contributed by atoms with Gasteiger partial charge in [-0.05, 0) is 37.1 Å². The molecule has 7 nitrogen and oxygen atoms in total. The van der Waals surface area contributed by atoms with Gasteiger partial charge in [0.05, 0.1) is 29.6 Å². The van der Waals surface area contributed by atoms with Gasteiger partial charge in [-0.15, -0.1) is 0 Å². The molecule has 1 saturated heterocycles. The fourth-order valence-corrected chi connectivity index (χ4v) is 3.44. The van der Waals surface area contributed by atoms with Crippen LogP contribution in [0.5, 0.6) is 0 Å². The second-order valence-electron chi connectivity index (χ2n) is 6.73. The normalized spacial score (nSPS) is 13.8. The number of pyridine rings is 1. The number of aromatic nitrogens is 3. The molecule has 0 saturated carbocycles. The topological polar surface area (TPSA) is 71.3 Å². The summed E-state index contributed by atoms with van der Waals surface area (Å²) in [4.78, 5) is 29.9. The molecule has 7 heteroatoms. The van der Waals surface area contributed by atoms with Crippen LogP contribution in [0.3, 0.4) is 0 Å². The van der Waals surface area contributed by atoms with E-state index in [1.54, 1.807) is 34.3 Å². The highest BCUT2D eigenvalue weighted by Gasteiger charge is 2.32. The summed E-state index contributed by atoms with van der Waals surface area (Å²) in [6.45, 7) is 2.93. The Bertz CT molecular complexity index is 985. The maximum atomic E-state index is 13.1. The Morgan fingerprint density at radius 3 is 2.54 bits per heavy atom. The van der Waals surface area contributed by atoms with E-state index in [9.17, 15) is 9.59 Å². The maximum absolute atomic E-state index is 13.1. The zero-order valence-electron chi connectivity index (χ0n) is 15.7. The average molecular weight is 375 g/mol. The Labute approximate surface area is 163 Å². The summed E-state index contributed by atoms with van der Waals surface area (Å²) in [5, 5.41) is 7.46. The third-order valence-corrected chi connectivity index (χ3v) is 4.87. The highest BCUT2D eigenvalue weighted by atomic mass is 16.2. The van der Waals surface area contributed by atoms with Crippen molar-refractivity contribution in [2.75, 3.05) is 13.1 Å². The van der Waals surface area contributed by atoms with E-state index in [1.165, 1.54) is 5.01 Å². The third-order valence-electron chi connectivity index (χ3n) is 4.87. The molecule has 4 rings (SSSR count). The van der Waals surface area contributed by atoms with Crippen LogP contribution in [0.15, 0.2) is 61.1 Å². The molecular formula is C21H21N5O2. The second kappa shape index (κ2) is 7.64. The van der Waals surface area contributed by atoms with Crippen molar-refractivity contribution >= 4 is 11.8 Å². The molecule has 1 aliphatic heterocycles. The van der Waals surface area contributed by atoms with E-state index in [1.807, 2.05) is 43.3 Å². The first-order valence-corrected chi connectivity index (χ1v) is 9.26. The van der Waals surface area contributed by atoms with Gasteiger partial charge >= 0.3 is 0 Å². The predicted octanol–water partition coefficient (Wildman–Crippen LogP) is 2.41. The third kappa shape index (κ3) is 3.38. The summed E-state index contributed by atoms with van der Waals surface area (Å²) < 4.78 is 1.74. The van der Waals surface area contributed by atoms with Gasteiger partial charge in [0.2, 0.25) is 5.91 Å². The van der Waals surface area contributed by atoms with Crippen LogP contribution in [0.25, 0.3) is 5.69 Å². The van der Waals surface area contributed by atoms with Crippen molar-refractivity contribution in [3.63, 3.8) is 0 Å². The van der Waals surface area contributed by atoms with Gasteiger partial charge in [0.15, 0.2) is 0 Å². The quantitative estimate of drug-likeness (QED) is 0.702. The molecule has 3 heterocycles. The fourth-order valence-electron chi connectivity index (χ4n) is 3.44. The zero-order chi connectivity index (χ0) is 19.5. The smallest absolute Gasteiger partial charge is 0.273 e. The summed E-state index contributed by atoms with van der Waals surface area (Å²) in [5.41, 5.74) is 2.98. The number of para-hydroxylation sites is 1. The molecule has 142 valence electrons. The molecule has 0 radical (unpaired) electrons. The molecule has 0 spiro atoms. The van der Waals surface area contributed by atoms with E-state index in [-0.39, 0.29) is 18.2 Å². The lowest BCUT2D eigenvalue weighted by Crippen LogP contribution is -2.45. The molecule has 3 aromatic rings. The highest BCUT2D eigenvalue weighted by Crippen LogP contribution is 2.20. The van der Waals surface area contributed by atoms with Crippen LogP contribution in [0.1, 0.15) is 28.0 Å². The van der Waals surface area contributed by atoms with Crippen molar-refractivity contribution in [1.82, 2.24) is 24.8 Å². The van der Waals surface area contributed by atoms with Gasteiger partial charge in [-0.3, -0.25) is 19.6 Å². The number of amides is 2. The number of rotatable bonds is 4. The van der Waals surface area contributed by atoms with E-state index in [2.05, 4.69) is 10.1 Å². The molecule has 0 unspecified atom stereocenters. The van der Waals surface area contributed by atoms with Crippen LogP contribution in [-0.2, 0) is 11.2 Å². The Kier molecular flexibility index (Phi) is 4.89. The van der Waals surface area contributed by atoms with E-state index < -0.39 is 0 Å². The summed E-state index contributed by atoms with van der Waals surface area (Å²) in [6.07, 6.45) is 5.91. The van der Waals surface area contributed by atoms with E-state index in [0.717, 1.165) is 23.4 Å². The van der Waals surface area contributed by atoms with Gasteiger partial charge in [-0.2, -0.15) is 5.10 Å². The average Bonchev–Trinajstić information content (AvgIpc) is 3.36. The molecule has 0 aliphatic carbocycles. The summed E-state index contributed by atoms with van der Waals surface area (Å²) in [5.74, 6) is -0.302. The lowest BCUT2D eigenvalue weighted by molar-refractivity contribution is -0.139. The second-order valence-corrected chi connectivity index (χ2v) is 6.73. The SMILES string of the molecule is Cc1c(C(=O)N2CCCN2C(=O)Cc2cccnc2)cnn1-c1ccccc1. The number of carbonyl (C=O) groups is 2. The molecular weight excluding hydrogens is 354 g/mol. The Morgan fingerprint density at radius 1 is 1.00 bits per heavy atom. The molecule has 0 bridgehead atoms. The lowest BCUT2D eigenvalue weighted by Gasteiger charge is -2.27. The first-order chi connectivity index (χ1) is 13.6. The minimum absolute atomic E-state index is 0.105.